The molecule has 4 heteroatoms. The fraction of sp³-hybridized carbons (Fsp3) is 0.417. The van der Waals surface area contributed by atoms with Crippen LogP contribution in [0.2, 0.25) is 0 Å². The Kier molecular flexibility index (Phi) is 3.29. The Balaban J connectivity index is 1.99. The molecule has 1 aliphatic heterocycles. The molecule has 0 saturated carbocycles. The van der Waals surface area contributed by atoms with Crippen LogP contribution in [0.3, 0.4) is 0 Å². The molecule has 1 aromatic carbocycles. The summed E-state index contributed by atoms with van der Waals surface area (Å²) in [6, 6.07) is 8.00. The quantitative estimate of drug-likeness (QED) is 0.610. The van der Waals surface area contributed by atoms with E-state index in [1.807, 2.05) is 12.1 Å². The Labute approximate surface area is 95.7 Å². The fourth-order valence-electron chi connectivity index (χ4n) is 1.93. The zero-order valence-corrected chi connectivity index (χ0v) is 9.52. The van der Waals surface area contributed by atoms with Gasteiger partial charge in [0.05, 0.1) is 5.71 Å². The van der Waals surface area contributed by atoms with Gasteiger partial charge < -0.3 is 15.5 Å². The lowest BCUT2D eigenvalue weighted by molar-refractivity contribution is 0.211. The largest absolute Gasteiger partial charge is 0.399 e. The third-order valence-corrected chi connectivity index (χ3v) is 2.82. The minimum absolute atomic E-state index is 0.808. The first-order valence-electron chi connectivity index (χ1n) is 5.49. The predicted octanol–water partition coefficient (Wildman–Crippen LogP) is 1.87. The van der Waals surface area contributed by atoms with Crippen molar-refractivity contribution in [2.75, 3.05) is 30.8 Å². The lowest BCUT2D eigenvalue weighted by Gasteiger charge is -2.29. The van der Waals surface area contributed by atoms with Crippen LogP contribution in [0.4, 0.5) is 11.4 Å². The van der Waals surface area contributed by atoms with Gasteiger partial charge in [-0.05, 0) is 24.3 Å². The van der Waals surface area contributed by atoms with Crippen molar-refractivity contribution < 1.29 is 4.84 Å². The van der Waals surface area contributed by atoms with Gasteiger partial charge in [0.15, 0.2) is 0 Å². The summed E-state index contributed by atoms with van der Waals surface area (Å²) in [5.74, 6) is 0. The van der Waals surface area contributed by atoms with Crippen molar-refractivity contribution >= 4 is 17.1 Å². The fourth-order valence-corrected chi connectivity index (χ4v) is 1.93. The molecule has 2 rings (SSSR count). The van der Waals surface area contributed by atoms with Crippen molar-refractivity contribution in [3.05, 3.63) is 24.3 Å². The minimum atomic E-state index is 0.808. The molecule has 1 aliphatic rings. The van der Waals surface area contributed by atoms with E-state index < -0.39 is 0 Å². The van der Waals surface area contributed by atoms with Gasteiger partial charge in [0.2, 0.25) is 0 Å². The van der Waals surface area contributed by atoms with Gasteiger partial charge >= 0.3 is 0 Å². The number of nitrogens with two attached hydrogens (primary N) is 1. The predicted molar refractivity (Wildman–Crippen MR) is 66.7 cm³/mol. The van der Waals surface area contributed by atoms with Crippen molar-refractivity contribution in [2.24, 2.45) is 5.16 Å². The van der Waals surface area contributed by atoms with E-state index in [0.717, 1.165) is 37.3 Å². The highest BCUT2D eigenvalue weighted by Gasteiger charge is 2.15. The molecule has 1 heterocycles. The van der Waals surface area contributed by atoms with Gasteiger partial charge in [-0.25, -0.2) is 0 Å². The first-order valence-corrected chi connectivity index (χ1v) is 5.49. The van der Waals surface area contributed by atoms with Crippen LogP contribution in [0.5, 0.6) is 0 Å². The molecule has 16 heavy (non-hydrogen) atoms. The number of hydrogen-bond acceptors (Lipinski definition) is 4. The molecule has 2 N–H and O–H groups in total. The molecule has 0 radical (unpaired) electrons. The van der Waals surface area contributed by atoms with Crippen LogP contribution in [0.1, 0.15) is 12.8 Å². The molecule has 0 aliphatic carbocycles. The Hall–Kier alpha value is -1.71. The van der Waals surface area contributed by atoms with Gasteiger partial charge in [-0.1, -0.05) is 5.16 Å². The van der Waals surface area contributed by atoms with Gasteiger partial charge in [-0.3, -0.25) is 0 Å². The number of nitrogen functional groups attached to an aromatic ring is 1. The highest BCUT2D eigenvalue weighted by atomic mass is 16.6. The number of nitrogens with zero attached hydrogens (tertiary/aromatic N) is 2. The van der Waals surface area contributed by atoms with E-state index in [0.29, 0.717) is 0 Å². The Bertz CT molecular complexity index is 362. The zero-order valence-electron chi connectivity index (χ0n) is 9.52. The number of hydrogen-bond donors (Lipinski definition) is 1. The van der Waals surface area contributed by atoms with Gasteiger partial charge in [-0.2, -0.15) is 0 Å². The van der Waals surface area contributed by atoms with E-state index in [-0.39, 0.29) is 0 Å². The summed E-state index contributed by atoms with van der Waals surface area (Å²) < 4.78 is 0. The number of oxime groups is 1. The van der Waals surface area contributed by atoms with Crippen molar-refractivity contribution in [1.29, 1.82) is 0 Å². The van der Waals surface area contributed by atoms with Crippen molar-refractivity contribution in [2.45, 2.75) is 12.8 Å². The summed E-state index contributed by atoms with van der Waals surface area (Å²) in [7, 11) is 1.60. The maximum absolute atomic E-state index is 5.66. The van der Waals surface area contributed by atoms with Crippen LogP contribution in [0.25, 0.3) is 0 Å². The van der Waals surface area contributed by atoms with E-state index in [1.54, 1.807) is 7.11 Å². The number of piperidine rings is 1. The lowest BCUT2D eigenvalue weighted by Crippen LogP contribution is -2.33. The standard InChI is InChI=1S/C12H17N3O/c1-16-14-11-6-8-15(9-7-11)12-4-2-10(13)3-5-12/h2-5H,6-9,13H2,1H3. The number of rotatable bonds is 2. The molecule has 1 fully saturated rings. The van der Waals surface area contributed by atoms with Crippen molar-refractivity contribution in [1.82, 2.24) is 0 Å². The summed E-state index contributed by atoms with van der Waals surface area (Å²) in [5.41, 5.74) is 8.85. The Morgan fingerprint density at radius 2 is 1.81 bits per heavy atom. The summed E-state index contributed by atoms with van der Waals surface area (Å²) in [6.07, 6.45) is 1.94. The van der Waals surface area contributed by atoms with Crippen LogP contribution in [0, 0.1) is 0 Å². The van der Waals surface area contributed by atoms with E-state index in [4.69, 9.17) is 10.6 Å². The van der Waals surface area contributed by atoms with E-state index in [9.17, 15) is 0 Å². The first kappa shape index (κ1) is 10.8. The topological polar surface area (TPSA) is 50.8 Å². The number of anilines is 2. The molecular formula is C12H17N3O. The average molecular weight is 219 g/mol. The maximum Gasteiger partial charge on any atom is 0.106 e. The summed E-state index contributed by atoms with van der Waals surface area (Å²) in [4.78, 5) is 7.13. The van der Waals surface area contributed by atoms with Gasteiger partial charge in [0, 0.05) is 37.3 Å². The molecule has 0 aromatic heterocycles. The molecule has 0 atom stereocenters. The molecule has 86 valence electrons. The van der Waals surface area contributed by atoms with Crippen molar-refractivity contribution in [3.63, 3.8) is 0 Å². The second-order valence-electron chi connectivity index (χ2n) is 3.92. The van der Waals surface area contributed by atoms with E-state index in [1.165, 1.54) is 5.69 Å². The molecule has 0 unspecified atom stereocenters. The van der Waals surface area contributed by atoms with Crippen LogP contribution in [0.15, 0.2) is 29.4 Å². The first-order chi connectivity index (χ1) is 7.79. The highest BCUT2D eigenvalue weighted by molar-refractivity contribution is 5.86. The minimum Gasteiger partial charge on any atom is -0.399 e. The Morgan fingerprint density at radius 1 is 1.19 bits per heavy atom. The molecule has 0 bridgehead atoms. The third kappa shape index (κ3) is 2.45. The SMILES string of the molecule is CON=C1CCN(c2ccc(N)cc2)CC1. The smallest absolute Gasteiger partial charge is 0.106 e. The molecule has 4 nitrogen and oxygen atoms in total. The monoisotopic (exact) mass is 219 g/mol. The van der Waals surface area contributed by atoms with Crippen LogP contribution in [-0.4, -0.2) is 25.9 Å². The van der Waals surface area contributed by atoms with Crippen LogP contribution >= 0.6 is 0 Å². The molecule has 1 aromatic rings. The van der Waals surface area contributed by atoms with Gasteiger partial charge in [0.1, 0.15) is 7.11 Å². The van der Waals surface area contributed by atoms with Gasteiger partial charge in [0.25, 0.3) is 0 Å². The summed E-state index contributed by atoms with van der Waals surface area (Å²) in [5, 5.41) is 4.00. The highest BCUT2D eigenvalue weighted by Crippen LogP contribution is 2.20. The number of benzene rings is 1. The zero-order chi connectivity index (χ0) is 11.4. The summed E-state index contributed by atoms with van der Waals surface area (Å²) >= 11 is 0. The molecular weight excluding hydrogens is 202 g/mol. The normalized spacial score (nSPS) is 16.1. The molecule has 1 saturated heterocycles. The van der Waals surface area contributed by atoms with Crippen LogP contribution in [-0.2, 0) is 4.84 Å². The lowest BCUT2D eigenvalue weighted by atomic mass is 10.1. The molecule has 0 spiro atoms. The second kappa shape index (κ2) is 4.88. The summed E-state index contributed by atoms with van der Waals surface area (Å²) in [6.45, 7) is 1.98. The third-order valence-electron chi connectivity index (χ3n) is 2.82. The van der Waals surface area contributed by atoms with Gasteiger partial charge in [-0.15, -0.1) is 0 Å². The van der Waals surface area contributed by atoms with E-state index >= 15 is 0 Å². The van der Waals surface area contributed by atoms with E-state index in [2.05, 4.69) is 22.2 Å². The maximum atomic E-state index is 5.66. The molecule has 0 amide bonds. The van der Waals surface area contributed by atoms with Crippen LogP contribution < -0.4 is 10.6 Å². The average Bonchev–Trinajstić information content (AvgIpc) is 2.32. The second-order valence-corrected chi connectivity index (χ2v) is 3.92. The van der Waals surface area contributed by atoms with Crippen molar-refractivity contribution in [3.8, 4) is 0 Å². The Morgan fingerprint density at radius 3 is 2.38 bits per heavy atom.